The minimum absolute atomic E-state index is 0.0527. The van der Waals surface area contributed by atoms with Crippen LogP contribution in [0.4, 0.5) is 13.2 Å². The number of ether oxygens (including phenoxy) is 1. The zero-order valence-electron chi connectivity index (χ0n) is 15.7. The number of hydrogen-bond donors (Lipinski definition) is 1. The van der Waals surface area contributed by atoms with E-state index in [0.29, 0.717) is 12.5 Å². The van der Waals surface area contributed by atoms with Crippen molar-refractivity contribution in [2.45, 2.75) is 57.9 Å². The lowest BCUT2D eigenvalue weighted by Gasteiger charge is -2.53. The first kappa shape index (κ1) is 18.8. The molecule has 27 heavy (non-hydrogen) atoms. The highest BCUT2D eigenvalue weighted by atomic mass is 19.4. The second kappa shape index (κ2) is 6.23. The third-order valence-corrected chi connectivity index (χ3v) is 7.30. The predicted molar refractivity (Wildman–Crippen MR) is 94.8 cm³/mol. The maximum atomic E-state index is 12.7. The number of carbonyl (C=O) groups is 1. The van der Waals surface area contributed by atoms with Crippen molar-refractivity contribution in [3.8, 4) is 0 Å². The summed E-state index contributed by atoms with van der Waals surface area (Å²) in [6.07, 6.45) is -3.21. The molecule has 5 atom stereocenters. The van der Waals surface area contributed by atoms with Crippen LogP contribution >= 0.6 is 0 Å². The smallest absolute Gasteiger partial charge is 0.373 e. The minimum Gasteiger partial charge on any atom is -0.373 e. The SMILES string of the molecule is CC1(C)[C@@H]2C[C@@H]3[C@@H](c4ccccc4)OCC[C@]3(C2)[C@H]1NC(=O)CC(F)(F)F. The van der Waals surface area contributed by atoms with Gasteiger partial charge in [-0.2, -0.15) is 13.2 Å². The number of amides is 1. The van der Waals surface area contributed by atoms with Crippen LogP contribution in [0.15, 0.2) is 30.3 Å². The number of fused-ring (bicyclic) bond motifs is 1. The molecule has 3 aliphatic rings. The quantitative estimate of drug-likeness (QED) is 0.829. The fourth-order valence-electron chi connectivity index (χ4n) is 6.15. The standard InChI is InChI=1S/C21H26F3NO2/c1-19(2)14-10-15-17(13-6-4-3-5-7-13)27-9-8-20(15,11-14)18(19)25-16(26)12-21(22,23)24/h3-7,14-15,17-18H,8-12H2,1-2H3,(H,25,26)/t14-,15-,17-,18+,20-/m1/s1. The van der Waals surface area contributed by atoms with Crippen LogP contribution in [-0.4, -0.2) is 24.7 Å². The summed E-state index contributed by atoms with van der Waals surface area (Å²) >= 11 is 0. The van der Waals surface area contributed by atoms with Crippen molar-refractivity contribution in [2.75, 3.05) is 6.61 Å². The molecule has 1 amide bonds. The molecule has 6 heteroatoms. The molecule has 1 aromatic rings. The number of nitrogens with one attached hydrogen (secondary N) is 1. The van der Waals surface area contributed by atoms with E-state index < -0.39 is 18.5 Å². The molecule has 1 saturated heterocycles. The molecule has 2 bridgehead atoms. The van der Waals surface area contributed by atoms with Crippen molar-refractivity contribution < 1.29 is 22.7 Å². The number of hydrogen-bond acceptors (Lipinski definition) is 2. The van der Waals surface area contributed by atoms with Crippen LogP contribution in [0.3, 0.4) is 0 Å². The molecule has 1 heterocycles. The van der Waals surface area contributed by atoms with Crippen LogP contribution in [-0.2, 0) is 9.53 Å². The zero-order valence-corrected chi connectivity index (χ0v) is 15.7. The maximum absolute atomic E-state index is 12.7. The van der Waals surface area contributed by atoms with E-state index in [1.165, 1.54) is 0 Å². The van der Waals surface area contributed by atoms with Gasteiger partial charge in [-0.05, 0) is 47.5 Å². The molecule has 1 N–H and O–H groups in total. The summed E-state index contributed by atoms with van der Waals surface area (Å²) in [6, 6.07) is 9.79. The molecule has 0 unspecified atom stereocenters. The molecular formula is C21H26F3NO2. The normalized spacial score (nSPS) is 37.1. The zero-order chi connectivity index (χ0) is 19.4. The van der Waals surface area contributed by atoms with Crippen molar-refractivity contribution in [3.05, 3.63) is 35.9 Å². The third kappa shape index (κ3) is 3.06. The molecular weight excluding hydrogens is 355 g/mol. The van der Waals surface area contributed by atoms with Gasteiger partial charge in [-0.15, -0.1) is 0 Å². The van der Waals surface area contributed by atoms with Gasteiger partial charge in [-0.1, -0.05) is 44.2 Å². The van der Waals surface area contributed by atoms with E-state index in [1.807, 2.05) is 18.2 Å². The first-order valence-electron chi connectivity index (χ1n) is 9.66. The highest BCUT2D eigenvalue weighted by molar-refractivity contribution is 5.77. The van der Waals surface area contributed by atoms with Gasteiger partial charge in [0.2, 0.25) is 5.91 Å². The van der Waals surface area contributed by atoms with E-state index in [1.54, 1.807) is 0 Å². The molecule has 1 spiro atoms. The largest absolute Gasteiger partial charge is 0.397 e. The number of halogens is 3. The van der Waals surface area contributed by atoms with Crippen molar-refractivity contribution in [1.29, 1.82) is 0 Å². The lowest BCUT2D eigenvalue weighted by atomic mass is 9.59. The van der Waals surface area contributed by atoms with Crippen molar-refractivity contribution in [2.24, 2.45) is 22.7 Å². The molecule has 1 aromatic carbocycles. The highest BCUT2D eigenvalue weighted by Gasteiger charge is 2.68. The summed E-state index contributed by atoms with van der Waals surface area (Å²) in [6.45, 7) is 4.76. The van der Waals surface area contributed by atoms with E-state index in [9.17, 15) is 18.0 Å². The van der Waals surface area contributed by atoms with Gasteiger partial charge in [0, 0.05) is 12.6 Å². The Kier molecular flexibility index (Phi) is 4.33. The van der Waals surface area contributed by atoms with E-state index >= 15 is 0 Å². The van der Waals surface area contributed by atoms with Gasteiger partial charge in [0.1, 0.15) is 6.42 Å². The molecule has 0 radical (unpaired) electrons. The number of alkyl halides is 3. The molecule has 3 fully saturated rings. The van der Waals surface area contributed by atoms with Gasteiger partial charge in [0.15, 0.2) is 0 Å². The van der Waals surface area contributed by atoms with Gasteiger partial charge in [0.25, 0.3) is 0 Å². The first-order valence-corrected chi connectivity index (χ1v) is 9.66. The number of carbonyl (C=O) groups excluding carboxylic acids is 1. The van der Waals surface area contributed by atoms with Crippen LogP contribution < -0.4 is 5.32 Å². The van der Waals surface area contributed by atoms with E-state index in [4.69, 9.17) is 4.74 Å². The molecule has 2 saturated carbocycles. The Labute approximate surface area is 157 Å². The Balaban J connectivity index is 1.63. The van der Waals surface area contributed by atoms with Gasteiger partial charge < -0.3 is 10.1 Å². The maximum Gasteiger partial charge on any atom is 0.397 e. The summed E-state index contributed by atoms with van der Waals surface area (Å²) in [4.78, 5) is 12.1. The Bertz CT molecular complexity index is 718. The summed E-state index contributed by atoms with van der Waals surface area (Å²) < 4.78 is 44.2. The summed E-state index contributed by atoms with van der Waals surface area (Å²) in [5, 5.41) is 2.80. The van der Waals surface area contributed by atoms with Gasteiger partial charge in [-0.3, -0.25) is 4.79 Å². The van der Waals surface area contributed by atoms with Gasteiger partial charge >= 0.3 is 6.18 Å². The molecule has 4 rings (SSSR count). The van der Waals surface area contributed by atoms with Crippen LogP contribution in [0.2, 0.25) is 0 Å². The molecule has 1 aliphatic heterocycles. The van der Waals surface area contributed by atoms with E-state index in [2.05, 4.69) is 31.3 Å². The lowest BCUT2D eigenvalue weighted by molar-refractivity contribution is -0.159. The van der Waals surface area contributed by atoms with Crippen molar-refractivity contribution >= 4 is 5.91 Å². The molecule has 148 valence electrons. The number of benzene rings is 1. The topological polar surface area (TPSA) is 38.3 Å². The van der Waals surface area contributed by atoms with Crippen LogP contribution in [0.5, 0.6) is 0 Å². The van der Waals surface area contributed by atoms with Crippen LogP contribution in [0, 0.1) is 22.7 Å². The minimum atomic E-state index is -4.48. The summed E-state index contributed by atoms with van der Waals surface area (Å²) in [5.41, 5.74) is 0.720. The highest BCUT2D eigenvalue weighted by Crippen LogP contribution is 2.70. The monoisotopic (exact) mass is 381 g/mol. The van der Waals surface area contributed by atoms with Crippen molar-refractivity contribution in [1.82, 2.24) is 5.32 Å². The fraction of sp³-hybridized carbons (Fsp3) is 0.667. The Hall–Kier alpha value is -1.56. The van der Waals surface area contributed by atoms with E-state index in [-0.39, 0.29) is 28.9 Å². The average molecular weight is 381 g/mol. The van der Waals surface area contributed by atoms with Crippen molar-refractivity contribution in [3.63, 3.8) is 0 Å². The van der Waals surface area contributed by atoms with Crippen LogP contribution in [0.25, 0.3) is 0 Å². The molecule has 3 nitrogen and oxygen atoms in total. The lowest BCUT2D eigenvalue weighted by Crippen LogP contribution is -2.59. The Morgan fingerprint density at radius 2 is 1.96 bits per heavy atom. The Morgan fingerprint density at radius 3 is 2.63 bits per heavy atom. The molecule has 2 aliphatic carbocycles. The Morgan fingerprint density at radius 1 is 1.26 bits per heavy atom. The predicted octanol–water partition coefficient (Wildman–Crippen LogP) is 4.64. The van der Waals surface area contributed by atoms with Gasteiger partial charge in [-0.25, -0.2) is 0 Å². The molecule has 0 aromatic heterocycles. The van der Waals surface area contributed by atoms with Gasteiger partial charge in [0.05, 0.1) is 6.10 Å². The fourth-order valence-corrected chi connectivity index (χ4v) is 6.15. The average Bonchev–Trinajstić information content (AvgIpc) is 3.07. The summed E-state index contributed by atoms with van der Waals surface area (Å²) in [5.74, 6) is -0.307. The third-order valence-electron chi connectivity index (χ3n) is 7.30. The second-order valence-electron chi connectivity index (χ2n) is 9.04. The van der Waals surface area contributed by atoms with Crippen LogP contribution in [0.1, 0.15) is 51.2 Å². The summed E-state index contributed by atoms with van der Waals surface area (Å²) in [7, 11) is 0. The first-order chi connectivity index (χ1) is 12.6. The second-order valence-corrected chi connectivity index (χ2v) is 9.04. The number of rotatable bonds is 3. The van der Waals surface area contributed by atoms with E-state index in [0.717, 1.165) is 24.8 Å².